The van der Waals surface area contributed by atoms with E-state index in [0.29, 0.717) is 5.56 Å². The van der Waals surface area contributed by atoms with Crippen molar-refractivity contribution in [1.82, 2.24) is 14.8 Å². The number of benzene rings is 2. The first-order valence-electron chi connectivity index (χ1n) is 11.4. The summed E-state index contributed by atoms with van der Waals surface area (Å²) in [5, 5.41) is 3.89. The van der Waals surface area contributed by atoms with Gasteiger partial charge in [-0.2, -0.15) is 0 Å². The first-order valence-corrected chi connectivity index (χ1v) is 11.4. The molecule has 1 atom stereocenters. The number of hydrogen-bond acceptors (Lipinski definition) is 4. The highest BCUT2D eigenvalue weighted by Crippen LogP contribution is 2.19. The van der Waals surface area contributed by atoms with Gasteiger partial charge >= 0.3 is 0 Å². The molecule has 0 radical (unpaired) electrons. The van der Waals surface area contributed by atoms with Gasteiger partial charge in [-0.15, -0.1) is 0 Å². The molecule has 3 aromatic rings. The van der Waals surface area contributed by atoms with E-state index >= 15 is 0 Å². The summed E-state index contributed by atoms with van der Waals surface area (Å²) in [6.07, 6.45) is 0.874. The average molecular weight is 433 g/mol. The van der Waals surface area contributed by atoms with Crippen LogP contribution < -0.4 is 15.8 Å². The molecule has 0 saturated carbocycles. The van der Waals surface area contributed by atoms with E-state index in [0.717, 1.165) is 50.0 Å². The number of nitrogens with one attached hydrogen (secondary N) is 1. The summed E-state index contributed by atoms with van der Waals surface area (Å²) in [7, 11) is 1.73. The third kappa shape index (κ3) is 4.86. The minimum atomic E-state index is -0.185. The van der Waals surface area contributed by atoms with Gasteiger partial charge in [0.2, 0.25) is 0 Å². The summed E-state index contributed by atoms with van der Waals surface area (Å²) in [6, 6.07) is 17.7. The van der Waals surface area contributed by atoms with Gasteiger partial charge in [0, 0.05) is 63.0 Å². The molecule has 1 aromatic heterocycles. The number of carbonyl (C=O) groups excluding carboxylic acids is 1. The van der Waals surface area contributed by atoms with Crippen molar-refractivity contribution in [2.24, 2.45) is 7.05 Å². The summed E-state index contributed by atoms with van der Waals surface area (Å²) in [5.74, 6) is -0.185. The van der Waals surface area contributed by atoms with Crippen LogP contribution in [0, 0.1) is 6.92 Å². The van der Waals surface area contributed by atoms with Crippen LogP contribution in [0.15, 0.2) is 59.4 Å². The number of anilines is 1. The zero-order chi connectivity index (χ0) is 22.7. The molecule has 32 heavy (non-hydrogen) atoms. The van der Waals surface area contributed by atoms with E-state index in [-0.39, 0.29) is 17.5 Å². The molecule has 1 saturated heterocycles. The predicted octanol–water partition coefficient (Wildman–Crippen LogP) is 3.18. The maximum Gasteiger partial charge on any atom is 0.252 e. The molecular weight excluding hydrogens is 400 g/mol. The van der Waals surface area contributed by atoms with Gasteiger partial charge in [0.1, 0.15) is 0 Å². The van der Waals surface area contributed by atoms with E-state index in [9.17, 15) is 9.59 Å². The quantitative estimate of drug-likeness (QED) is 0.650. The van der Waals surface area contributed by atoms with Crippen molar-refractivity contribution in [2.75, 3.05) is 37.6 Å². The van der Waals surface area contributed by atoms with Crippen LogP contribution in [-0.4, -0.2) is 54.1 Å². The van der Waals surface area contributed by atoms with Gasteiger partial charge in [-0.1, -0.05) is 30.3 Å². The first kappa shape index (κ1) is 22.1. The molecule has 4 rings (SSSR count). The molecule has 1 N–H and O–H groups in total. The lowest BCUT2D eigenvalue weighted by molar-refractivity contribution is 0.0936. The number of para-hydroxylation sites is 1. The zero-order valence-electron chi connectivity index (χ0n) is 19.2. The van der Waals surface area contributed by atoms with Crippen LogP contribution in [0.25, 0.3) is 10.9 Å². The SMILES string of the molecule is Cc1cccc(N2CCN(CCC(C)NC(=O)c3cc(=O)n(C)c4ccccc34)CC2)c1. The summed E-state index contributed by atoms with van der Waals surface area (Å²) in [4.78, 5) is 30.1. The lowest BCUT2D eigenvalue weighted by atomic mass is 10.1. The van der Waals surface area contributed by atoms with Gasteiger partial charge in [0.25, 0.3) is 11.5 Å². The van der Waals surface area contributed by atoms with Crippen LogP contribution in [0.3, 0.4) is 0 Å². The van der Waals surface area contributed by atoms with E-state index < -0.39 is 0 Å². The van der Waals surface area contributed by atoms with Gasteiger partial charge < -0.3 is 14.8 Å². The topological polar surface area (TPSA) is 57.6 Å². The van der Waals surface area contributed by atoms with Crippen LogP contribution in [0.2, 0.25) is 0 Å². The van der Waals surface area contributed by atoms with Crippen molar-refractivity contribution in [3.63, 3.8) is 0 Å². The summed E-state index contributed by atoms with van der Waals surface area (Å²) in [5.41, 5.74) is 3.63. The normalized spacial score (nSPS) is 15.7. The molecule has 1 fully saturated rings. The molecule has 6 heteroatoms. The van der Waals surface area contributed by atoms with Crippen molar-refractivity contribution in [2.45, 2.75) is 26.3 Å². The Morgan fingerprint density at radius 1 is 1.03 bits per heavy atom. The predicted molar refractivity (Wildman–Crippen MR) is 131 cm³/mol. The number of amides is 1. The Kier molecular flexibility index (Phi) is 6.61. The highest BCUT2D eigenvalue weighted by atomic mass is 16.2. The van der Waals surface area contributed by atoms with Crippen LogP contribution in [0.4, 0.5) is 5.69 Å². The molecule has 0 aliphatic carbocycles. The molecule has 1 aliphatic heterocycles. The number of hydrogen-bond donors (Lipinski definition) is 1. The van der Waals surface area contributed by atoms with E-state index in [4.69, 9.17) is 0 Å². The lowest BCUT2D eigenvalue weighted by Crippen LogP contribution is -2.47. The standard InChI is InChI=1S/C26H32N4O2/c1-19-7-6-8-21(17-19)30-15-13-29(14-16-30)12-11-20(2)27-26(32)23-18-25(31)28(3)24-10-5-4-9-22(23)24/h4-10,17-18,20H,11-16H2,1-3H3,(H,27,32). The zero-order valence-corrected chi connectivity index (χ0v) is 19.2. The molecule has 1 amide bonds. The maximum atomic E-state index is 12.9. The van der Waals surface area contributed by atoms with Crippen molar-refractivity contribution in [3.05, 3.63) is 76.1 Å². The molecule has 6 nitrogen and oxygen atoms in total. The fourth-order valence-corrected chi connectivity index (χ4v) is 4.40. The van der Waals surface area contributed by atoms with E-state index in [1.165, 1.54) is 17.3 Å². The van der Waals surface area contributed by atoms with Crippen LogP contribution in [-0.2, 0) is 7.05 Å². The fraction of sp³-hybridized carbons (Fsp3) is 0.385. The second kappa shape index (κ2) is 9.57. The van der Waals surface area contributed by atoms with Gasteiger partial charge in [-0.25, -0.2) is 0 Å². The van der Waals surface area contributed by atoms with E-state index in [1.807, 2.05) is 31.2 Å². The van der Waals surface area contributed by atoms with E-state index in [2.05, 4.69) is 46.3 Å². The minimum Gasteiger partial charge on any atom is -0.369 e. The lowest BCUT2D eigenvalue weighted by Gasteiger charge is -2.36. The number of piperazine rings is 1. The molecule has 2 heterocycles. The minimum absolute atomic E-state index is 0.0279. The summed E-state index contributed by atoms with van der Waals surface area (Å²) in [6.45, 7) is 9.19. The second-order valence-corrected chi connectivity index (χ2v) is 8.80. The number of pyridine rings is 1. The molecule has 0 bridgehead atoms. The fourth-order valence-electron chi connectivity index (χ4n) is 4.40. The Morgan fingerprint density at radius 2 is 1.78 bits per heavy atom. The third-order valence-electron chi connectivity index (χ3n) is 6.39. The van der Waals surface area contributed by atoms with Crippen molar-refractivity contribution in [3.8, 4) is 0 Å². The molecule has 168 valence electrons. The number of aromatic nitrogens is 1. The Hall–Kier alpha value is -3.12. The van der Waals surface area contributed by atoms with Gasteiger partial charge in [0.15, 0.2) is 0 Å². The first-order chi connectivity index (χ1) is 15.4. The van der Waals surface area contributed by atoms with E-state index in [1.54, 1.807) is 11.6 Å². The second-order valence-electron chi connectivity index (χ2n) is 8.80. The number of rotatable bonds is 6. The van der Waals surface area contributed by atoms with Crippen LogP contribution in [0.5, 0.6) is 0 Å². The number of aryl methyl sites for hydroxylation is 2. The summed E-state index contributed by atoms with van der Waals surface area (Å²) >= 11 is 0. The molecule has 1 unspecified atom stereocenters. The Labute approximate surface area is 189 Å². The number of nitrogens with zero attached hydrogens (tertiary/aromatic N) is 3. The van der Waals surface area contributed by atoms with Gasteiger partial charge in [0.05, 0.1) is 11.1 Å². The van der Waals surface area contributed by atoms with Crippen LogP contribution >= 0.6 is 0 Å². The van der Waals surface area contributed by atoms with Gasteiger partial charge in [-0.05, 0) is 44.0 Å². The maximum absolute atomic E-state index is 12.9. The Bertz CT molecular complexity index is 1160. The highest BCUT2D eigenvalue weighted by molar-refractivity contribution is 6.06. The molecule has 1 aliphatic rings. The summed E-state index contributed by atoms with van der Waals surface area (Å²) < 4.78 is 1.58. The third-order valence-corrected chi connectivity index (χ3v) is 6.39. The Morgan fingerprint density at radius 3 is 2.53 bits per heavy atom. The number of fused-ring (bicyclic) bond motifs is 1. The molecule has 2 aromatic carbocycles. The highest BCUT2D eigenvalue weighted by Gasteiger charge is 2.19. The molecular formula is C26H32N4O2. The van der Waals surface area contributed by atoms with Gasteiger partial charge in [-0.3, -0.25) is 14.5 Å². The average Bonchev–Trinajstić information content (AvgIpc) is 2.80. The number of carbonyl (C=O) groups is 1. The monoisotopic (exact) mass is 432 g/mol. The van der Waals surface area contributed by atoms with Crippen molar-refractivity contribution >= 4 is 22.5 Å². The smallest absolute Gasteiger partial charge is 0.252 e. The van der Waals surface area contributed by atoms with Crippen molar-refractivity contribution < 1.29 is 4.79 Å². The van der Waals surface area contributed by atoms with Crippen LogP contribution in [0.1, 0.15) is 29.3 Å². The van der Waals surface area contributed by atoms with Crippen molar-refractivity contribution in [1.29, 1.82) is 0 Å². The Balaban J connectivity index is 1.31. The largest absolute Gasteiger partial charge is 0.369 e. The molecule has 0 spiro atoms.